The molecule has 0 saturated carbocycles. The lowest BCUT2D eigenvalue weighted by Crippen LogP contribution is -2.21. The van der Waals surface area contributed by atoms with Crippen molar-refractivity contribution < 1.29 is 9.53 Å². The predicted octanol–water partition coefficient (Wildman–Crippen LogP) is 1.67. The average Bonchev–Trinajstić information content (AvgIpc) is 2.79. The number of aromatic nitrogens is 2. The molecule has 0 aliphatic heterocycles. The molecule has 98 valence electrons. The minimum atomic E-state index is -0.242. The van der Waals surface area contributed by atoms with Crippen LogP contribution in [0.5, 0.6) is 0 Å². The molecule has 18 heavy (non-hydrogen) atoms. The number of imidazole rings is 1. The Balaban J connectivity index is 1.96. The highest BCUT2D eigenvalue weighted by atomic mass is 32.1. The number of aryl methyl sites for hydroxylation is 2. The summed E-state index contributed by atoms with van der Waals surface area (Å²) < 4.78 is 7.03. The topological polar surface area (TPSA) is 55.6 Å². The summed E-state index contributed by atoms with van der Waals surface area (Å²) in [6, 6.07) is 0. The third-order valence-corrected chi connectivity index (χ3v) is 3.65. The second-order valence-electron chi connectivity index (χ2n) is 4.16. The van der Waals surface area contributed by atoms with E-state index in [1.165, 1.54) is 18.3 Å². The molecule has 0 aliphatic rings. The van der Waals surface area contributed by atoms with Crippen LogP contribution in [0.3, 0.4) is 0 Å². The number of hydrogen-bond donors (Lipinski definition) is 1. The second-order valence-corrected chi connectivity index (χ2v) is 4.99. The van der Waals surface area contributed by atoms with Crippen molar-refractivity contribution in [3.63, 3.8) is 0 Å². The SMILES string of the molecule is CC(=O)OCCNCc1c(C)nc2scc(C)n12. The first-order valence-electron chi connectivity index (χ1n) is 5.85. The van der Waals surface area contributed by atoms with Crippen LogP contribution in [-0.4, -0.2) is 28.5 Å². The summed E-state index contributed by atoms with van der Waals surface area (Å²) in [6.45, 7) is 7.29. The molecule has 6 heteroatoms. The number of rotatable bonds is 5. The Morgan fingerprint density at radius 2 is 2.33 bits per heavy atom. The molecular weight excluding hydrogens is 250 g/mol. The summed E-state index contributed by atoms with van der Waals surface area (Å²) in [7, 11) is 0. The highest BCUT2D eigenvalue weighted by Gasteiger charge is 2.11. The molecule has 0 aliphatic carbocycles. The molecule has 0 fully saturated rings. The number of esters is 1. The van der Waals surface area contributed by atoms with Crippen LogP contribution in [0.4, 0.5) is 0 Å². The smallest absolute Gasteiger partial charge is 0.302 e. The van der Waals surface area contributed by atoms with Gasteiger partial charge in [-0.2, -0.15) is 0 Å². The van der Waals surface area contributed by atoms with Gasteiger partial charge in [-0.1, -0.05) is 0 Å². The minimum Gasteiger partial charge on any atom is -0.465 e. The van der Waals surface area contributed by atoms with Crippen LogP contribution >= 0.6 is 11.3 Å². The molecule has 1 N–H and O–H groups in total. The molecule has 2 heterocycles. The van der Waals surface area contributed by atoms with Gasteiger partial charge < -0.3 is 10.1 Å². The van der Waals surface area contributed by atoms with Crippen LogP contribution in [0.15, 0.2) is 5.38 Å². The van der Waals surface area contributed by atoms with Gasteiger partial charge >= 0.3 is 5.97 Å². The van der Waals surface area contributed by atoms with Gasteiger partial charge in [-0.25, -0.2) is 4.98 Å². The Bertz CT molecular complexity index is 559. The van der Waals surface area contributed by atoms with Gasteiger partial charge in [0, 0.05) is 31.1 Å². The number of ether oxygens (including phenoxy) is 1. The highest BCUT2D eigenvalue weighted by Crippen LogP contribution is 2.20. The number of thiazole rings is 1. The number of carbonyl (C=O) groups is 1. The number of hydrogen-bond acceptors (Lipinski definition) is 5. The molecule has 2 rings (SSSR count). The molecule has 0 bridgehead atoms. The molecule has 0 amide bonds. The van der Waals surface area contributed by atoms with E-state index < -0.39 is 0 Å². The van der Waals surface area contributed by atoms with Crippen molar-refractivity contribution in [2.45, 2.75) is 27.3 Å². The summed E-state index contributed by atoms with van der Waals surface area (Å²) in [5, 5.41) is 5.36. The fourth-order valence-electron chi connectivity index (χ4n) is 1.85. The molecule has 0 spiro atoms. The van der Waals surface area contributed by atoms with Crippen molar-refractivity contribution >= 4 is 22.3 Å². The fraction of sp³-hybridized carbons (Fsp3) is 0.500. The first kappa shape index (κ1) is 13.0. The van der Waals surface area contributed by atoms with E-state index in [2.05, 4.69) is 27.0 Å². The molecule has 0 saturated heterocycles. The molecular formula is C12H17N3O2S. The Hall–Kier alpha value is -1.40. The van der Waals surface area contributed by atoms with Crippen LogP contribution in [0.1, 0.15) is 24.0 Å². The Kier molecular flexibility index (Phi) is 3.98. The lowest BCUT2D eigenvalue weighted by molar-refractivity contribution is -0.140. The van der Waals surface area contributed by atoms with Crippen LogP contribution in [0, 0.1) is 13.8 Å². The first-order chi connectivity index (χ1) is 8.59. The maximum atomic E-state index is 10.6. The van der Waals surface area contributed by atoms with Gasteiger partial charge in [0.15, 0.2) is 4.96 Å². The summed E-state index contributed by atoms with van der Waals surface area (Å²) in [4.78, 5) is 16.2. The van der Waals surface area contributed by atoms with Crippen LogP contribution < -0.4 is 5.32 Å². The Labute approximate surface area is 110 Å². The third kappa shape index (κ3) is 2.70. The number of carbonyl (C=O) groups excluding carboxylic acids is 1. The van der Waals surface area contributed by atoms with E-state index in [9.17, 15) is 4.79 Å². The van der Waals surface area contributed by atoms with Gasteiger partial charge in [0.25, 0.3) is 0 Å². The van der Waals surface area contributed by atoms with E-state index in [1.54, 1.807) is 11.3 Å². The zero-order valence-electron chi connectivity index (χ0n) is 10.8. The van der Waals surface area contributed by atoms with Crippen molar-refractivity contribution in [2.24, 2.45) is 0 Å². The average molecular weight is 267 g/mol. The van der Waals surface area contributed by atoms with E-state index in [-0.39, 0.29) is 5.97 Å². The molecule has 0 unspecified atom stereocenters. The number of fused-ring (bicyclic) bond motifs is 1. The number of nitrogens with one attached hydrogen (secondary N) is 1. The lowest BCUT2D eigenvalue weighted by Gasteiger charge is -2.06. The second kappa shape index (κ2) is 5.49. The lowest BCUT2D eigenvalue weighted by atomic mass is 10.3. The standard InChI is InChI=1S/C12H17N3O2S/c1-8-7-18-12-14-9(2)11(15(8)12)6-13-4-5-17-10(3)16/h7,13H,4-6H2,1-3H3. The summed E-state index contributed by atoms with van der Waals surface area (Å²) in [5.41, 5.74) is 3.42. The quantitative estimate of drug-likeness (QED) is 0.661. The molecule has 5 nitrogen and oxygen atoms in total. The summed E-state index contributed by atoms with van der Waals surface area (Å²) >= 11 is 1.65. The van der Waals surface area contributed by atoms with Crippen molar-refractivity contribution in [1.82, 2.24) is 14.7 Å². The largest absolute Gasteiger partial charge is 0.465 e. The number of nitrogens with zero attached hydrogens (tertiary/aromatic N) is 2. The minimum absolute atomic E-state index is 0.242. The van der Waals surface area contributed by atoms with Gasteiger partial charge in [0.05, 0.1) is 11.4 Å². The normalized spacial score (nSPS) is 11.1. The van der Waals surface area contributed by atoms with E-state index in [0.717, 1.165) is 17.2 Å². The fourth-order valence-corrected chi connectivity index (χ4v) is 2.78. The van der Waals surface area contributed by atoms with Crippen LogP contribution in [0.2, 0.25) is 0 Å². The van der Waals surface area contributed by atoms with Crippen molar-refractivity contribution in [3.8, 4) is 0 Å². The van der Waals surface area contributed by atoms with Crippen LogP contribution in [-0.2, 0) is 16.1 Å². The summed E-state index contributed by atoms with van der Waals surface area (Å²) in [5.74, 6) is -0.242. The summed E-state index contributed by atoms with van der Waals surface area (Å²) in [6.07, 6.45) is 0. The van der Waals surface area contributed by atoms with Crippen molar-refractivity contribution in [1.29, 1.82) is 0 Å². The molecule has 0 radical (unpaired) electrons. The Morgan fingerprint density at radius 1 is 1.56 bits per heavy atom. The molecule has 0 atom stereocenters. The van der Waals surface area contributed by atoms with Gasteiger partial charge in [-0.3, -0.25) is 9.20 Å². The molecule has 0 aromatic carbocycles. The van der Waals surface area contributed by atoms with E-state index >= 15 is 0 Å². The van der Waals surface area contributed by atoms with Crippen molar-refractivity contribution in [2.75, 3.05) is 13.2 Å². The maximum absolute atomic E-state index is 10.6. The van der Waals surface area contributed by atoms with Gasteiger partial charge in [-0.15, -0.1) is 11.3 Å². The first-order valence-corrected chi connectivity index (χ1v) is 6.73. The predicted molar refractivity (Wildman–Crippen MR) is 70.9 cm³/mol. The van der Waals surface area contributed by atoms with E-state index in [1.807, 2.05) is 6.92 Å². The molecule has 2 aromatic heterocycles. The van der Waals surface area contributed by atoms with Gasteiger partial charge in [0.2, 0.25) is 0 Å². The monoisotopic (exact) mass is 267 g/mol. The van der Waals surface area contributed by atoms with E-state index in [4.69, 9.17) is 4.74 Å². The van der Waals surface area contributed by atoms with Gasteiger partial charge in [-0.05, 0) is 13.8 Å². The Morgan fingerprint density at radius 3 is 3.06 bits per heavy atom. The van der Waals surface area contributed by atoms with E-state index in [0.29, 0.717) is 13.2 Å². The zero-order valence-corrected chi connectivity index (χ0v) is 11.6. The third-order valence-electron chi connectivity index (χ3n) is 2.71. The van der Waals surface area contributed by atoms with Crippen molar-refractivity contribution in [3.05, 3.63) is 22.5 Å². The van der Waals surface area contributed by atoms with Crippen LogP contribution in [0.25, 0.3) is 4.96 Å². The highest BCUT2D eigenvalue weighted by molar-refractivity contribution is 7.15. The van der Waals surface area contributed by atoms with Gasteiger partial charge in [0.1, 0.15) is 6.61 Å². The zero-order chi connectivity index (χ0) is 13.1. The molecule has 2 aromatic rings. The maximum Gasteiger partial charge on any atom is 0.302 e.